The third-order valence-electron chi connectivity index (χ3n) is 3.86. The fourth-order valence-corrected chi connectivity index (χ4v) is 3.11. The zero-order valence-electron chi connectivity index (χ0n) is 14.6. The van der Waals surface area contributed by atoms with Gasteiger partial charge in [-0.05, 0) is 57.7 Å². The molecule has 2 rings (SSSR count). The summed E-state index contributed by atoms with van der Waals surface area (Å²) in [6.45, 7) is 8.37. The van der Waals surface area contributed by atoms with E-state index in [1.807, 2.05) is 26.8 Å². The lowest BCUT2D eigenvalue weighted by molar-refractivity contribution is 0.0285. The minimum Gasteiger partial charge on any atom is -0.444 e. The Morgan fingerprint density at radius 2 is 1.91 bits per heavy atom. The van der Waals surface area contributed by atoms with Gasteiger partial charge >= 0.3 is 6.09 Å². The molecule has 23 heavy (non-hydrogen) atoms. The number of hydrogen-bond acceptors (Lipinski definition) is 3. The van der Waals surface area contributed by atoms with Crippen molar-refractivity contribution in [2.75, 3.05) is 25.0 Å². The number of ether oxygens (including phenoxy) is 1. The molecule has 0 bridgehead atoms. The van der Waals surface area contributed by atoms with Gasteiger partial charge in [0.25, 0.3) is 0 Å². The Morgan fingerprint density at radius 1 is 1.26 bits per heavy atom. The molecule has 1 aromatic carbocycles. The van der Waals surface area contributed by atoms with Crippen molar-refractivity contribution in [2.45, 2.75) is 52.2 Å². The second kappa shape index (κ2) is 7.56. The van der Waals surface area contributed by atoms with E-state index in [4.69, 9.17) is 4.74 Å². The van der Waals surface area contributed by atoms with Gasteiger partial charge in [0, 0.05) is 30.3 Å². The first-order valence-corrected chi connectivity index (χ1v) is 9.03. The van der Waals surface area contributed by atoms with Crippen molar-refractivity contribution in [1.82, 2.24) is 4.90 Å². The van der Waals surface area contributed by atoms with Gasteiger partial charge in [-0.15, -0.1) is 0 Å². The van der Waals surface area contributed by atoms with E-state index >= 15 is 0 Å². The molecule has 0 saturated carbocycles. The third kappa shape index (κ3) is 5.41. The number of anilines is 1. The van der Waals surface area contributed by atoms with E-state index in [-0.39, 0.29) is 6.09 Å². The van der Waals surface area contributed by atoms with Crippen molar-refractivity contribution in [3.63, 3.8) is 0 Å². The molecule has 128 valence electrons. The Labute approximate surface area is 147 Å². The molecule has 1 aliphatic rings. The van der Waals surface area contributed by atoms with E-state index in [1.54, 1.807) is 11.9 Å². The molecule has 5 heteroatoms. The van der Waals surface area contributed by atoms with Crippen molar-refractivity contribution in [1.29, 1.82) is 0 Å². The highest BCUT2D eigenvalue weighted by molar-refractivity contribution is 9.10. The lowest BCUT2D eigenvalue weighted by atomic mass is 10.1. The number of hydrogen-bond donors (Lipinski definition) is 0. The molecule has 0 unspecified atom stereocenters. The smallest absolute Gasteiger partial charge is 0.410 e. The zero-order valence-corrected chi connectivity index (χ0v) is 16.1. The Balaban J connectivity index is 2.14. The number of nitrogens with zero attached hydrogens (tertiary/aromatic N) is 2. The molecule has 0 aliphatic carbocycles. The topological polar surface area (TPSA) is 32.8 Å². The molecule has 0 spiro atoms. The second-order valence-electron chi connectivity index (χ2n) is 7.16. The summed E-state index contributed by atoms with van der Waals surface area (Å²) in [5.41, 5.74) is 1.90. The lowest BCUT2D eigenvalue weighted by Crippen LogP contribution is -2.35. The van der Waals surface area contributed by atoms with Crippen LogP contribution in [0.2, 0.25) is 0 Å². The summed E-state index contributed by atoms with van der Waals surface area (Å²) in [6, 6.07) is 6.28. The van der Waals surface area contributed by atoms with Crippen molar-refractivity contribution in [2.24, 2.45) is 0 Å². The van der Waals surface area contributed by atoms with Crippen LogP contribution in [0.25, 0.3) is 0 Å². The van der Waals surface area contributed by atoms with Crippen molar-refractivity contribution in [3.05, 3.63) is 28.2 Å². The third-order valence-corrected chi connectivity index (χ3v) is 4.35. The largest absolute Gasteiger partial charge is 0.444 e. The first kappa shape index (κ1) is 18.1. The predicted molar refractivity (Wildman–Crippen MR) is 97.9 cm³/mol. The van der Waals surface area contributed by atoms with Gasteiger partial charge in [0.05, 0.1) is 6.54 Å². The number of benzene rings is 1. The van der Waals surface area contributed by atoms with Crippen LogP contribution < -0.4 is 4.90 Å². The van der Waals surface area contributed by atoms with Gasteiger partial charge in [-0.3, -0.25) is 0 Å². The minimum atomic E-state index is -0.471. The number of amides is 1. The van der Waals surface area contributed by atoms with E-state index in [2.05, 4.69) is 33.0 Å². The predicted octanol–water partition coefficient (Wildman–Crippen LogP) is 4.81. The van der Waals surface area contributed by atoms with Crippen molar-refractivity contribution >= 4 is 27.7 Å². The molecule has 1 fully saturated rings. The number of piperidine rings is 1. The Kier molecular flexibility index (Phi) is 5.95. The highest BCUT2D eigenvalue weighted by atomic mass is 79.9. The van der Waals surface area contributed by atoms with E-state index in [9.17, 15) is 4.79 Å². The van der Waals surface area contributed by atoms with Crippen LogP contribution >= 0.6 is 15.9 Å². The molecule has 0 aromatic heterocycles. The minimum absolute atomic E-state index is 0.287. The van der Waals surface area contributed by atoms with Crippen LogP contribution in [0.1, 0.15) is 45.6 Å². The maximum atomic E-state index is 12.2. The van der Waals surface area contributed by atoms with Crippen molar-refractivity contribution in [3.8, 4) is 0 Å². The maximum absolute atomic E-state index is 12.2. The summed E-state index contributed by atoms with van der Waals surface area (Å²) in [6.07, 6.45) is 3.48. The number of rotatable bonds is 3. The summed E-state index contributed by atoms with van der Waals surface area (Å²) in [5, 5.41) is 0. The average molecular weight is 383 g/mol. The highest BCUT2D eigenvalue weighted by Gasteiger charge is 2.21. The lowest BCUT2D eigenvalue weighted by Gasteiger charge is -2.32. The molecular weight excluding hydrogens is 356 g/mol. The number of carbonyl (C=O) groups is 1. The van der Waals surface area contributed by atoms with Crippen LogP contribution in [-0.4, -0.2) is 36.7 Å². The SMILES string of the molecule is CN(Cc1ccc(Br)cc1N1CCCCC1)C(=O)OC(C)(C)C. The molecule has 1 aromatic rings. The fraction of sp³-hybridized carbons (Fsp3) is 0.611. The summed E-state index contributed by atoms with van der Waals surface area (Å²) in [7, 11) is 1.79. The average Bonchev–Trinajstić information content (AvgIpc) is 2.48. The van der Waals surface area contributed by atoms with Crippen LogP contribution in [0.5, 0.6) is 0 Å². The molecule has 0 atom stereocenters. The molecule has 1 heterocycles. The molecule has 1 amide bonds. The number of halogens is 1. The van der Waals surface area contributed by atoms with Gasteiger partial charge in [0.15, 0.2) is 0 Å². The summed E-state index contributed by atoms with van der Waals surface area (Å²) >= 11 is 3.57. The Morgan fingerprint density at radius 3 is 2.52 bits per heavy atom. The van der Waals surface area contributed by atoms with Gasteiger partial charge < -0.3 is 14.5 Å². The van der Waals surface area contributed by atoms with Crippen LogP contribution in [0.15, 0.2) is 22.7 Å². The van der Waals surface area contributed by atoms with Crippen LogP contribution in [0.4, 0.5) is 10.5 Å². The van der Waals surface area contributed by atoms with Crippen molar-refractivity contribution < 1.29 is 9.53 Å². The highest BCUT2D eigenvalue weighted by Crippen LogP contribution is 2.29. The van der Waals surface area contributed by atoms with Crippen LogP contribution in [0, 0.1) is 0 Å². The second-order valence-corrected chi connectivity index (χ2v) is 8.07. The van der Waals surface area contributed by atoms with Gasteiger partial charge in [0.2, 0.25) is 0 Å². The van der Waals surface area contributed by atoms with Gasteiger partial charge in [-0.2, -0.15) is 0 Å². The monoisotopic (exact) mass is 382 g/mol. The maximum Gasteiger partial charge on any atom is 0.410 e. The van der Waals surface area contributed by atoms with E-state index < -0.39 is 5.60 Å². The number of carbonyl (C=O) groups excluding carboxylic acids is 1. The van der Waals surface area contributed by atoms with Gasteiger partial charge in [-0.1, -0.05) is 22.0 Å². The molecule has 4 nitrogen and oxygen atoms in total. The van der Waals surface area contributed by atoms with Crippen LogP contribution in [-0.2, 0) is 11.3 Å². The standard InChI is InChI=1S/C18H27BrN2O2/c1-18(2,3)23-17(22)20(4)13-14-8-9-15(19)12-16(14)21-10-6-5-7-11-21/h8-9,12H,5-7,10-11,13H2,1-4H3. The molecule has 1 aliphatic heterocycles. The first-order chi connectivity index (χ1) is 10.8. The van der Waals surface area contributed by atoms with Gasteiger partial charge in [-0.25, -0.2) is 4.79 Å². The van der Waals surface area contributed by atoms with E-state index in [0.29, 0.717) is 6.54 Å². The normalized spacial score (nSPS) is 15.4. The summed E-state index contributed by atoms with van der Waals surface area (Å²) < 4.78 is 6.52. The van der Waals surface area contributed by atoms with Gasteiger partial charge in [0.1, 0.15) is 5.60 Å². The first-order valence-electron chi connectivity index (χ1n) is 8.24. The summed E-state index contributed by atoms with van der Waals surface area (Å²) in [4.78, 5) is 16.3. The Hall–Kier alpha value is -1.23. The zero-order chi connectivity index (χ0) is 17.0. The van der Waals surface area contributed by atoms with E-state index in [1.165, 1.54) is 24.9 Å². The molecular formula is C18H27BrN2O2. The Bertz CT molecular complexity index is 548. The quantitative estimate of drug-likeness (QED) is 0.751. The van der Waals surface area contributed by atoms with E-state index in [0.717, 1.165) is 23.1 Å². The summed E-state index contributed by atoms with van der Waals surface area (Å²) in [5.74, 6) is 0. The molecule has 0 radical (unpaired) electrons. The fourth-order valence-electron chi connectivity index (χ4n) is 2.76. The van der Waals surface area contributed by atoms with Crippen LogP contribution in [0.3, 0.4) is 0 Å². The molecule has 0 N–H and O–H groups in total. The molecule has 1 saturated heterocycles.